The smallest absolute Gasteiger partial charge is 0.352 e. The Balaban J connectivity index is 0. The Labute approximate surface area is 92.3 Å². The van der Waals surface area contributed by atoms with Gasteiger partial charge in [-0.25, -0.2) is 4.79 Å². The van der Waals surface area contributed by atoms with E-state index in [4.69, 9.17) is 0 Å². The second-order valence-corrected chi connectivity index (χ2v) is 3.31. The minimum atomic E-state index is -0.273. The van der Waals surface area contributed by atoms with Gasteiger partial charge in [0.2, 0.25) is 0 Å². The van der Waals surface area contributed by atoms with Crippen molar-refractivity contribution in [2.45, 2.75) is 33.6 Å². The Kier molecular flexibility index (Phi) is 10.3. The molecular weight excluding hydrogens is 202 g/mol. The molecule has 0 saturated carbocycles. The molecule has 1 N–H and O–H groups in total. The quantitative estimate of drug-likeness (QED) is 0.573. The van der Waals surface area contributed by atoms with Gasteiger partial charge in [-0.2, -0.15) is 5.48 Å². The van der Waals surface area contributed by atoms with Crippen LogP contribution in [-0.2, 0) is 9.63 Å². The van der Waals surface area contributed by atoms with Crippen molar-refractivity contribution in [3.63, 3.8) is 0 Å². The second-order valence-electron chi connectivity index (χ2n) is 3.31. The molecule has 0 saturated heterocycles. The number of carbonyl (C=O) groups excluding carboxylic acids is 1. The van der Waals surface area contributed by atoms with E-state index in [0.717, 1.165) is 12.0 Å². The van der Waals surface area contributed by atoms with Crippen molar-refractivity contribution in [2.75, 3.05) is 7.05 Å². The first-order valence-corrected chi connectivity index (χ1v) is 4.68. The summed E-state index contributed by atoms with van der Waals surface area (Å²) in [6.07, 6.45) is 3.58. The number of hydrogen-bond donors (Lipinski definition) is 1. The SMILES string of the molecule is CCC(=CCC(C)C)C(=O)ONC.Cl. The second kappa shape index (κ2) is 9.03. The number of allylic oxidation sites excluding steroid dienone is 1. The molecule has 0 radical (unpaired) electrons. The first-order chi connectivity index (χ1) is 6.11. The van der Waals surface area contributed by atoms with Gasteiger partial charge >= 0.3 is 5.97 Å². The normalized spacial score (nSPS) is 11.1. The molecule has 0 aromatic heterocycles. The molecule has 84 valence electrons. The topological polar surface area (TPSA) is 38.3 Å². The van der Waals surface area contributed by atoms with E-state index in [1.165, 1.54) is 0 Å². The third kappa shape index (κ3) is 6.92. The minimum Gasteiger partial charge on any atom is -0.367 e. The predicted molar refractivity (Wildman–Crippen MR) is 60.2 cm³/mol. The highest BCUT2D eigenvalue weighted by molar-refractivity contribution is 5.88. The van der Waals surface area contributed by atoms with Crippen LogP contribution in [0.15, 0.2) is 11.6 Å². The van der Waals surface area contributed by atoms with Crippen LogP contribution in [0.2, 0.25) is 0 Å². The van der Waals surface area contributed by atoms with Crippen LogP contribution in [0.1, 0.15) is 33.6 Å². The van der Waals surface area contributed by atoms with Crippen LogP contribution in [0.4, 0.5) is 0 Å². The predicted octanol–water partition coefficient (Wildman–Crippen LogP) is 2.47. The molecule has 0 aromatic rings. The van der Waals surface area contributed by atoms with E-state index in [9.17, 15) is 4.79 Å². The average molecular weight is 222 g/mol. The van der Waals surface area contributed by atoms with E-state index >= 15 is 0 Å². The summed E-state index contributed by atoms with van der Waals surface area (Å²) < 4.78 is 0. The van der Waals surface area contributed by atoms with Crippen LogP contribution < -0.4 is 5.48 Å². The Morgan fingerprint density at radius 1 is 1.50 bits per heavy atom. The standard InChI is InChI=1S/C10H19NO2.ClH/c1-5-9(7-6-8(2)3)10(12)13-11-4;/h7-8,11H,5-6H2,1-4H3;1H. The molecule has 0 aromatic carbocycles. The van der Waals surface area contributed by atoms with Crippen LogP contribution >= 0.6 is 12.4 Å². The zero-order valence-electron chi connectivity index (χ0n) is 9.29. The molecule has 0 heterocycles. The molecule has 3 nitrogen and oxygen atoms in total. The molecule has 0 spiro atoms. The molecule has 0 unspecified atom stereocenters. The molecule has 14 heavy (non-hydrogen) atoms. The minimum absolute atomic E-state index is 0. The molecule has 0 rings (SSSR count). The molecule has 0 aliphatic carbocycles. The molecule has 0 aliphatic heterocycles. The van der Waals surface area contributed by atoms with Gasteiger partial charge in [0.05, 0.1) is 0 Å². The van der Waals surface area contributed by atoms with Gasteiger partial charge in [0.15, 0.2) is 0 Å². The summed E-state index contributed by atoms with van der Waals surface area (Å²) in [5.74, 6) is 0.301. The van der Waals surface area contributed by atoms with Crippen LogP contribution in [0.25, 0.3) is 0 Å². The number of halogens is 1. The third-order valence-electron chi connectivity index (χ3n) is 1.67. The van der Waals surface area contributed by atoms with E-state index < -0.39 is 0 Å². The fourth-order valence-corrected chi connectivity index (χ4v) is 0.908. The largest absolute Gasteiger partial charge is 0.367 e. The Bertz CT molecular complexity index is 191. The Morgan fingerprint density at radius 2 is 2.07 bits per heavy atom. The number of carbonyl (C=O) groups is 1. The van der Waals surface area contributed by atoms with Crippen molar-refractivity contribution in [1.82, 2.24) is 5.48 Å². The summed E-state index contributed by atoms with van der Waals surface area (Å²) in [6, 6.07) is 0. The lowest BCUT2D eigenvalue weighted by Crippen LogP contribution is -2.16. The monoisotopic (exact) mass is 221 g/mol. The number of hydroxylamine groups is 1. The highest BCUT2D eigenvalue weighted by Crippen LogP contribution is 2.08. The maximum Gasteiger partial charge on any atom is 0.352 e. The number of nitrogens with one attached hydrogen (secondary N) is 1. The van der Waals surface area contributed by atoms with Crippen LogP contribution in [0.5, 0.6) is 0 Å². The van der Waals surface area contributed by atoms with Gasteiger partial charge in [-0.1, -0.05) is 26.8 Å². The van der Waals surface area contributed by atoms with Crippen molar-refractivity contribution in [1.29, 1.82) is 0 Å². The summed E-state index contributed by atoms with van der Waals surface area (Å²) in [7, 11) is 1.58. The summed E-state index contributed by atoms with van der Waals surface area (Å²) in [5, 5.41) is 0. The fourth-order valence-electron chi connectivity index (χ4n) is 0.908. The van der Waals surface area contributed by atoms with Crippen molar-refractivity contribution >= 4 is 18.4 Å². The average Bonchev–Trinajstić information content (AvgIpc) is 2.05. The summed E-state index contributed by atoms with van der Waals surface area (Å²) in [6.45, 7) is 6.18. The van der Waals surface area contributed by atoms with Gasteiger partial charge in [0, 0.05) is 12.6 Å². The van der Waals surface area contributed by atoms with E-state index in [2.05, 4.69) is 24.2 Å². The molecule has 0 atom stereocenters. The van der Waals surface area contributed by atoms with Gasteiger partial charge in [-0.3, -0.25) is 0 Å². The first-order valence-electron chi connectivity index (χ1n) is 4.68. The lowest BCUT2D eigenvalue weighted by atomic mass is 10.1. The Morgan fingerprint density at radius 3 is 2.43 bits per heavy atom. The molecule has 0 amide bonds. The van der Waals surface area contributed by atoms with Crippen LogP contribution in [0.3, 0.4) is 0 Å². The number of rotatable bonds is 5. The fraction of sp³-hybridized carbons (Fsp3) is 0.700. The summed E-state index contributed by atoms with van der Waals surface area (Å²) >= 11 is 0. The van der Waals surface area contributed by atoms with E-state index in [-0.39, 0.29) is 18.4 Å². The van der Waals surface area contributed by atoms with Gasteiger partial charge in [0.1, 0.15) is 0 Å². The van der Waals surface area contributed by atoms with E-state index in [1.54, 1.807) is 7.05 Å². The van der Waals surface area contributed by atoms with E-state index in [1.807, 2.05) is 13.0 Å². The summed E-state index contributed by atoms with van der Waals surface area (Å²) in [4.78, 5) is 15.9. The van der Waals surface area contributed by atoms with Crippen molar-refractivity contribution < 1.29 is 9.63 Å². The molecule has 0 fully saturated rings. The lowest BCUT2D eigenvalue weighted by molar-refractivity contribution is -0.145. The number of hydrogen-bond acceptors (Lipinski definition) is 3. The Hall–Kier alpha value is -0.540. The zero-order chi connectivity index (χ0) is 10.3. The van der Waals surface area contributed by atoms with Gasteiger partial charge in [0.25, 0.3) is 0 Å². The van der Waals surface area contributed by atoms with Gasteiger partial charge in [-0.15, -0.1) is 12.4 Å². The van der Waals surface area contributed by atoms with Crippen molar-refractivity contribution in [3.05, 3.63) is 11.6 Å². The highest BCUT2D eigenvalue weighted by Gasteiger charge is 2.07. The molecule has 0 aliphatic rings. The van der Waals surface area contributed by atoms with Crippen molar-refractivity contribution in [3.8, 4) is 0 Å². The summed E-state index contributed by atoms with van der Waals surface area (Å²) in [5.41, 5.74) is 3.12. The highest BCUT2D eigenvalue weighted by atomic mass is 35.5. The molecule has 4 heteroatoms. The van der Waals surface area contributed by atoms with Gasteiger partial charge < -0.3 is 4.84 Å². The maximum absolute atomic E-state index is 11.2. The van der Waals surface area contributed by atoms with Crippen molar-refractivity contribution in [2.24, 2.45) is 5.92 Å². The van der Waals surface area contributed by atoms with Gasteiger partial charge in [-0.05, 0) is 18.8 Å². The third-order valence-corrected chi connectivity index (χ3v) is 1.67. The zero-order valence-corrected chi connectivity index (χ0v) is 10.1. The first kappa shape index (κ1) is 15.9. The maximum atomic E-state index is 11.2. The van der Waals surface area contributed by atoms with E-state index in [0.29, 0.717) is 12.3 Å². The van der Waals surface area contributed by atoms with Crippen LogP contribution in [-0.4, -0.2) is 13.0 Å². The molecular formula is C10H20ClNO2. The lowest BCUT2D eigenvalue weighted by Gasteiger charge is -2.05. The molecule has 0 bridgehead atoms. The van der Waals surface area contributed by atoms with Crippen LogP contribution in [0, 0.1) is 5.92 Å².